The van der Waals surface area contributed by atoms with Crippen molar-refractivity contribution in [1.29, 1.82) is 0 Å². The van der Waals surface area contributed by atoms with E-state index in [-0.39, 0.29) is 18.3 Å². The summed E-state index contributed by atoms with van der Waals surface area (Å²) < 4.78 is 5.57. The number of Topliss-reactive ketones (excluding diaryl/α,β-unsaturated/α-hetero) is 1. The molecule has 1 aliphatic rings. The van der Waals surface area contributed by atoms with E-state index < -0.39 is 0 Å². The minimum Gasteiger partial charge on any atom is -0.486 e. The largest absolute Gasteiger partial charge is 0.486 e. The van der Waals surface area contributed by atoms with Crippen LogP contribution in [0.15, 0.2) is 24.3 Å². The minimum absolute atomic E-state index is 0.228. The maximum absolute atomic E-state index is 11.9. The fourth-order valence-corrected chi connectivity index (χ4v) is 2.47. The molecule has 0 atom stereocenters. The first-order valence-electron chi connectivity index (χ1n) is 6.92. The Morgan fingerprint density at radius 1 is 1.22 bits per heavy atom. The Bertz CT molecular complexity index is 386. The van der Waals surface area contributed by atoms with Crippen molar-refractivity contribution in [3.05, 3.63) is 29.8 Å². The molecule has 2 heteroatoms. The van der Waals surface area contributed by atoms with Crippen LogP contribution in [0.2, 0.25) is 0 Å². The summed E-state index contributed by atoms with van der Waals surface area (Å²) in [6.45, 7) is 4.56. The van der Waals surface area contributed by atoms with Gasteiger partial charge in [0.2, 0.25) is 0 Å². The van der Waals surface area contributed by atoms with Gasteiger partial charge < -0.3 is 4.74 Å². The fraction of sp³-hybridized carbons (Fsp3) is 0.562. The normalized spacial score (nSPS) is 16.2. The number of benzene rings is 1. The van der Waals surface area contributed by atoms with Gasteiger partial charge in [0.25, 0.3) is 0 Å². The van der Waals surface area contributed by atoms with Crippen molar-refractivity contribution in [2.24, 2.45) is 5.92 Å². The standard InChI is InChI=1S/C16H22O2/c1-12(2)13-7-9-15(10-8-13)18-11-16(17)14-5-3-4-6-14/h7-10,12,14H,3-6,11H2,1-2H3. The molecule has 0 unspecified atom stereocenters. The highest BCUT2D eigenvalue weighted by Crippen LogP contribution is 2.26. The average molecular weight is 246 g/mol. The van der Waals surface area contributed by atoms with Crippen molar-refractivity contribution in [3.8, 4) is 5.75 Å². The number of ether oxygens (including phenoxy) is 1. The number of hydrogen-bond donors (Lipinski definition) is 0. The molecule has 1 fully saturated rings. The van der Waals surface area contributed by atoms with E-state index >= 15 is 0 Å². The quantitative estimate of drug-likeness (QED) is 0.786. The van der Waals surface area contributed by atoms with E-state index in [1.807, 2.05) is 12.1 Å². The van der Waals surface area contributed by atoms with E-state index in [4.69, 9.17) is 4.74 Å². The third kappa shape index (κ3) is 3.34. The topological polar surface area (TPSA) is 26.3 Å². The molecule has 0 bridgehead atoms. The van der Waals surface area contributed by atoms with Gasteiger partial charge in [-0.15, -0.1) is 0 Å². The lowest BCUT2D eigenvalue weighted by Crippen LogP contribution is -2.19. The molecule has 0 heterocycles. The van der Waals surface area contributed by atoms with Gasteiger partial charge in [-0.25, -0.2) is 0 Å². The number of ketones is 1. The number of hydrogen-bond acceptors (Lipinski definition) is 2. The van der Waals surface area contributed by atoms with Gasteiger partial charge in [-0.3, -0.25) is 4.79 Å². The molecule has 98 valence electrons. The zero-order valence-corrected chi connectivity index (χ0v) is 11.3. The van der Waals surface area contributed by atoms with Gasteiger partial charge in [0, 0.05) is 5.92 Å². The Balaban J connectivity index is 1.84. The van der Waals surface area contributed by atoms with Crippen molar-refractivity contribution in [2.75, 3.05) is 6.61 Å². The van der Waals surface area contributed by atoms with Crippen LogP contribution in [0.25, 0.3) is 0 Å². The molecule has 0 aromatic heterocycles. The van der Waals surface area contributed by atoms with Gasteiger partial charge in [0.1, 0.15) is 12.4 Å². The van der Waals surface area contributed by atoms with Crippen LogP contribution in [0.1, 0.15) is 51.0 Å². The molecule has 0 N–H and O–H groups in total. The molecule has 1 aliphatic carbocycles. The zero-order valence-electron chi connectivity index (χ0n) is 11.3. The fourth-order valence-electron chi connectivity index (χ4n) is 2.47. The van der Waals surface area contributed by atoms with E-state index in [1.54, 1.807) is 0 Å². The Labute approximate surface area is 109 Å². The van der Waals surface area contributed by atoms with E-state index in [0.29, 0.717) is 5.92 Å². The van der Waals surface area contributed by atoms with Crippen LogP contribution >= 0.6 is 0 Å². The van der Waals surface area contributed by atoms with Gasteiger partial charge in [0.15, 0.2) is 5.78 Å². The molecule has 2 rings (SSSR count). The lowest BCUT2D eigenvalue weighted by Gasteiger charge is -2.11. The monoisotopic (exact) mass is 246 g/mol. The predicted octanol–water partition coefficient (Wildman–Crippen LogP) is 3.95. The summed E-state index contributed by atoms with van der Waals surface area (Å²) in [6, 6.07) is 8.05. The van der Waals surface area contributed by atoms with Crippen LogP contribution in [-0.4, -0.2) is 12.4 Å². The second-order valence-electron chi connectivity index (χ2n) is 5.46. The SMILES string of the molecule is CC(C)c1ccc(OCC(=O)C2CCCC2)cc1. The molecule has 1 saturated carbocycles. The van der Waals surface area contributed by atoms with Crippen LogP contribution in [0.5, 0.6) is 5.75 Å². The van der Waals surface area contributed by atoms with Gasteiger partial charge in [-0.2, -0.15) is 0 Å². The van der Waals surface area contributed by atoms with E-state index in [1.165, 1.54) is 18.4 Å². The van der Waals surface area contributed by atoms with E-state index in [0.717, 1.165) is 18.6 Å². The maximum Gasteiger partial charge on any atom is 0.173 e. The highest BCUT2D eigenvalue weighted by Gasteiger charge is 2.22. The Hall–Kier alpha value is -1.31. The van der Waals surface area contributed by atoms with E-state index in [2.05, 4.69) is 26.0 Å². The maximum atomic E-state index is 11.9. The van der Waals surface area contributed by atoms with Crippen molar-refractivity contribution in [3.63, 3.8) is 0 Å². The summed E-state index contributed by atoms with van der Waals surface area (Å²) in [6.07, 6.45) is 4.49. The highest BCUT2D eigenvalue weighted by atomic mass is 16.5. The lowest BCUT2D eigenvalue weighted by atomic mass is 10.0. The number of carbonyl (C=O) groups is 1. The zero-order chi connectivity index (χ0) is 13.0. The van der Waals surface area contributed by atoms with Crippen molar-refractivity contribution < 1.29 is 9.53 Å². The number of rotatable bonds is 5. The van der Waals surface area contributed by atoms with Crippen molar-refractivity contribution in [2.45, 2.75) is 45.4 Å². The van der Waals surface area contributed by atoms with Crippen LogP contribution in [-0.2, 0) is 4.79 Å². The smallest absolute Gasteiger partial charge is 0.173 e. The Kier molecular flexibility index (Phi) is 4.40. The first-order valence-corrected chi connectivity index (χ1v) is 6.92. The summed E-state index contributed by atoms with van der Waals surface area (Å²) in [5.41, 5.74) is 1.30. The molecule has 2 nitrogen and oxygen atoms in total. The summed E-state index contributed by atoms with van der Waals surface area (Å²) in [5.74, 6) is 1.84. The molecule has 1 aromatic rings. The third-order valence-corrected chi connectivity index (χ3v) is 3.74. The summed E-state index contributed by atoms with van der Waals surface area (Å²) >= 11 is 0. The highest BCUT2D eigenvalue weighted by molar-refractivity contribution is 5.82. The number of carbonyl (C=O) groups excluding carboxylic acids is 1. The Morgan fingerprint density at radius 3 is 2.39 bits per heavy atom. The molecule has 0 saturated heterocycles. The predicted molar refractivity (Wildman–Crippen MR) is 73.0 cm³/mol. The average Bonchev–Trinajstić information content (AvgIpc) is 2.90. The van der Waals surface area contributed by atoms with Crippen LogP contribution < -0.4 is 4.74 Å². The lowest BCUT2D eigenvalue weighted by molar-refractivity contribution is -0.124. The second-order valence-corrected chi connectivity index (χ2v) is 5.46. The molecular weight excluding hydrogens is 224 g/mol. The van der Waals surface area contributed by atoms with Crippen LogP contribution in [0, 0.1) is 5.92 Å². The van der Waals surface area contributed by atoms with Gasteiger partial charge in [-0.1, -0.05) is 38.8 Å². The van der Waals surface area contributed by atoms with Crippen LogP contribution in [0.4, 0.5) is 0 Å². The van der Waals surface area contributed by atoms with Gasteiger partial charge in [0.05, 0.1) is 0 Å². The first-order chi connectivity index (χ1) is 8.66. The molecule has 0 amide bonds. The molecule has 0 radical (unpaired) electrons. The van der Waals surface area contributed by atoms with Crippen molar-refractivity contribution >= 4 is 5.78 Å². The molecule has 18 heavy (non-hydrogen) atoms. The molecule has 0 aliphatic heterocycles. The molecular formula is C16H22O2. The van der Waals surface area contributed by atoms with E-state index in [9.17, 15) is 4.79 Å². The minimum atomic E-state index is 0.228. The first kappa shape index (κ1) is 13.1. The van der Waals surface area contributed by atoms with Crippen LogP contribution in [0.3, 0.4) is 0 Å². The van der Waals surface area contributed by atoms with Gasteiger partial charge in [-0.05, 0) is 36.5 Å². The summed E-state index contributed by atoms with van der Waals surface area (Å²) in [5, 5.41) is 0. The third-order valence-electron chi connectivity index (χ3n) is 3.74. The summed E-state index contributed by atoms with van der Waals surface area (Å²) in [7, 11) is 0. The van der Waals surface area contributed by atoms with Gasteiger partial charge >= 0.3 is 0 Å². The molecule has 0 spiro atoms. The van der Waals surface area contributed by atoms with Crippen molar-refractivity contribution in [1.82, 2.24) is 0 Å². The Morgan fingerprint density at radius 2 is 1.83 bits per heavy atom. The molecule has 1 aromatic carbocycles. The summed E-state index contributed by atoms with van der Waals surface area (Å²) in [4.78, 5) is 11.9. The second kappa shape index (κ2) is 6.03.